The van der Waals surface area contributed by atoms with Crippen molar-refractivity contribution in [1.29, 1.82) is 0 Å². The molecule has 1 aliphatic carbocycles. The zero-order valence-electron chi connectivity index (χ0n) is 7.37. The Hall–Kier alpha value is 1.50. The Bertz CT molecular complexity index is 94.3. The maximum absolute atomic E-state index is 12.4. The van der Waals surface area contributed by atoms with Crippen molar-refractivity contribution in [1.82, 2.24) is 0 Å². The van der Waals surface area contributed by atoms with Crippen molar-refractivity contribution in [2.45, 2.75) is 31.6 Å². The van der Waals surface area contributed by atoms with E-state index in [0.717, 1.165) is 0 Å². The smallest absolute Gasteiger partial charge is 0.358 e. The molecule has 0 unspecified atom stereocenters. The van der Waals surface area contributed by atoms with E-state index in [0.29, 0.717) is 12.8 Å². The van der Waals surface area contributed by atoms with Gasteiger partial charge in [0.05, 0.1) is 0 Å². The quantitative estimate of drug-likeness (QED) is 0.373. The van der Waals surface area contributed by atoms with Crippen LogP contribution in [0.5, 0.6) is 0 Å². The molecule has 3 heteroatoms. The molecule has 1 fully saturated rings. The molecule has 0 radical (unpaired) electrons. The average Bonchev–Trinajstić information content (AvgIpc) is 1.78. The first-order valence-corrected chi connectivity index (χ1v) is 3.31. The Labute approximate surface area is 111 Å². The SMILES string of the molecule is [CH2-]C1CCC(F)(F)CC1.[CH3-].[K+]. The molecule has 0 bridgehead atoms. The van der Waals surface area contributed by atoms with Crippen molar-refractivity contribution in [3.63, 3.8) is 0 Å². The fraction of sp³-hybridized carbons (Fsp3) is 0.750. The van der Waals surface area contributed by atoms with Gasteiger partial charge in [0.25, 0.3) is 0 Å². The minimum atomic E-state index is -2.38. The predicted octanol–water partition coefficient (Wildman–Crippen LogP) is 0.100. The van der Waals surface area contributed by atoms with Gasteiger partial charge in [0.15, 0.2) is 0 Å². The summed E-state index contributed by atoms with van der Waals surface area (Å²) < 4.78 is 24.7. The van der Waals surface area contributed by atoms with Crippen LogP contribution in [-0.2, 0) is 0 Å². The molecule has 0 aromatic rings. The molecule has 0 aliphatic heterocycles. The minimum Gasteiger partial charge on any atom is -0.358 e. The molecule has 1 aliphatic rings. The first kappa shape index (κ1) is 15.0. The van der Waals surface area contributed by atoms with Crippen LogP contribution in [0.4, 0.5) is 8.78 Å². The number of halogens is 2. The topological polar surface area (TPSA) is 0 Å². The summed E-state index contributed by atoms with van der Waals surface area (Å²) in [6.07, 6.45) is 1.27. The average molecular weight is 187 g/mol. The van der Waals surface area contributed by atoms with Crippen molar-refractivity contribution >= 4 is 0 Å². The summed E-state index contributed by atoms with van der Waals surface area (Å²) >= 11 is 0. The van der Waals surface area contributed by atoms with E-state index in [1.807, 2.05) is 0 Å². The molecular formula is C8H14F2K-. The largest absolute Gasteiger partial charge is 1.00 e. The molecule has 11 heavy (non-hydrogen) atoms. The third kappa shape index (κ3) is 5.69. The van der Waals surface area contributed by atoms with Crippen LogP contribution in [-0.4, -0.2) is 5.92 Å². The molecule has 0 aromatic heterocycles. The third-order valence-electron chi connectivity index (χ3n) is 1.84. The molecule has 0 spiro atoms. The molecule has 0 aromatic carbocycles. The zero-order valence-corrected chi connectivity index (χ0v) is 10.5. The van der Waals surface area contributed by atoms with Crippen LogP contribution in [0.1, 0.15) is 25.7 Å². The number of hydrogen-bond donors (Lipinski definition) is 0. The number of rotatable bonds is 0. The van der Waals surface area contributed by atoms with E-state index in [2.05, 4.69) is 6.92 Å². The molecule has 0 atom stereocenters. The van der Waals surface area contributed by atoms with Crippen LogP contribution in [0, 0.1) is 20.3 Å². The minimum absolute atomic E-state index is 0. The molecule has 0 amide bonds. The molecule has 1 saturated carbocycles. The normalized spacial score (nSPS) is 23.2. The molecule has 0 nitrogen and oxygen atoms in total. The summed E-state index contributed by atoms with van der Waals surface area (Å²) in [6, 6.07) is 0. The Kier molecular flexibility index (Phi) is 8.21. The molecule has 0 N–H and O–H groups in total. The monoisotopic (exact) mass is 187 g/mol. The van der Waals surface area contributed by atoms with E-state index in [4.69, 9.17) is 0 Å². The van der Waals surface area contributed by atoms with Crippen LogP contribution in [0.3, 0.4) is 0 Å². The molecular weight excluding hydrogens is 173 g/mol. The van der Waals surface area contributed by atoms with Gasteiger partial charge in [-0.05, 0) is 0 Å². The van der Waals surface area contributed by atoms with Crippen LogP contribution in [0.15, 0.2) is 0 Å². The van der Waals surface area contributed by atoms with Crippen LogP contribution >= 0.6 is 0 Å². The van der Waals surface area contributed by atoms with Crippen molar-refractivity contribution < 1.29 is 60.2 Å². The van der Waals surface area contributed by atoms with Gasteiger partial charge in [0.2, 0.25) is 5.92 Å². The Balaban J connectivity index is 0. The summed E-state index contributed by atoms with van der Waals surface area (Å²) in [5, 5.41) is 0. The van der Waals surface area contributed by atoms with Crippen LogP contribution < -0.4 is 51.4 Å². The van der Waals surface area contributed by atoms with Crippen molar-refractivity contribution in [2.75, 3.05) is 0 Å². The summed E-state index contributed by atoms with van der Waals surface area (Å²) in [5.74, 6) is -2.11. The van der Waals surface area contributed by atoms with E-state index in [1.54, 1.807) is 0 Å². The van der Waals surface area contributed by atoms with Gasteiger partial charge in [-0.15, -0.1) is 0 Å². The molecule has 0 saturated heterocycles. The van der Waals surface area contributed by atoms with Crippen LogP contribution in [0.25, 0.3) is 0 Å². The van der Waals surface area contributed by atoms with Gasteiger partial charge in [0.1, 0.15) is 0 Å². The fourth-order valence-corrected chi connectivity index (χ4v) is 1.10. The maximum atomic E-state index is 12.4. The summed E-state index contributed by atoms with van der Waals surface area (Å²) in [7, 11) is 0. The first-order chi connectivity index (χ1) is 4.10. The summed E-state index contributed by atoms with van der Waals surface area (Å²) in [4.78, 5) is 0. The van der Waals surface area contributed by atoms with Gasteiger partial charge in [-0.25, -0.2) is 8.78 Å². The van der Waals surface area contributed by atoms with E-state index in [1.165, 1.54) is 0 Å². The second-order valence-corrected chi connectivity index (χ2v) is 2.80. The second-order valence-electron chi connectivity index (χ2n) is 2.80. The number of hydrogen-bond acceptors (Lipinski definition) is 0. The van der Waals surface area contributed by atoms with Crippen LogP contribution in [0.2, 0.25) is 0 Å². The fourth-order valence-electron chi connectivity index (χ4n) is 1.10. The molecule has 0 heterocycles. The van der Waals surface area contributed by atoms with E-state index in [-0.39, 0.29) is 77.6 Å². The van der Waals surface area contributed by atoms with E-state index >= 15 is 0 Å². The van der Waals surface area contributed by atoms with E-state index in [9.17, 15) is 8.78 Å². The van der Waals surface area contributed by atoms with Gasteiger partial charge in [-0.3, -0.25) is 0 Å². The standard InChI is InChI=1S/C7H11F2.CH3.K/c1-6-2-4-7(8,9)5-3-6;;/h6H,1-5H2;1H3;/q2*-1;+1. The van der Waals surface area contributed by atoms with Gasteiger partial charge in [-0.2, -0.15) is 5.92 Å². The Morgan fingerprint density at radius 3 is 1.82 bits per heavy atom. The van der Waals surface area contributed by atoms with Gasteiger partial charge in [-0.1, -0.05) is 12.8 Å². The van der Waals surface area contributed by atoms with Crippen molar-refractivity contribution in [3.05, 3.63) is 14.4 Å². The van der Waals surface area contributed by atoms with E-state index < -0.39 is 5.92 Å². The van der Waals surface area contributed by atoms with Crippen molar-refractivity contribution in [3.8, 4) is 0 Å². The number of alkyl halides is 2. The Morgan fingerprint density at radius 2 is 1.55 bits per heavy atom. The van der Waals surface area contributed by atoms with Gasteiger partial charge < -0.3 is 14.4 Å². The first-order valence-electron chi connectivity index (χ1n) is 3.31. The van der Waals surface area contributed by atoms with Gasteiger partial charge >= 0.3 is 51.4 Å². The second kappa shape index (κ2) is 6.03. The predicted molar refractivity (Wildman–Crippen MR) is 38.7 cm³/mol. The Morgan fingerprint density at radius 1 is 1.18 bits per heavy atom. The third-order valence-corrected chi connectivity index (χ3v) is 1.84. The molecule has 1 rings (SSSR count). The van der Waals surface area contributed by atoms with Gasteiger partial charge in [0, 0.05) is 12.8 Å². The summed E-state index contributed by atoms with van der Waals surface area (Å²) in [6.45, 7) is 3.73. The summed E-state index contributed by atoms with van der Waals surface area (Å²) in [5.41, 5.74) is 0. The van der Waals surface area contributed by atoms with Crippen molar-refractivity contribution in [2.24, 2.45) is 5.92 Å². The molecule has 62 valence electrons. The zero-order chi connectivity index (χ0) is 6.91. The maximum Gasteiger partial charge on any atom is 1.00 e.